The fourth-order valence-electron chi connectivity index (χ4n) is 1.30. The molecular formula is C13H18. The van der Waals surface area contributed by atoms with Crippen LogP contribution in [0, 0.1) is 0 Å². The predicted molar refractivity (Wildman–Crippen MR) is 58.8 cm³/mol. The van der Waals surface area contributed by atoms with Crippen LogP contribution in [0.5, 0.6) is 0 Å². The van der Waals surface area contributed by atoms with Crippen LogP contribution in [-0.2, 0) is 6.42 Å². The van der Waals surface area contributed by atoms with Crippen LogP contribution in [0.4, 0.5) is 0 Å². The quantitative estimate of drug-likeness (QED) is 0.592. The summed E-state index contributed by atoms with van der Waals surface area (Å²) in [6.45, 7) is 2.21. The Balaban J connectivity index is 2.20. The van der Waals surface area contributed by atoms with Crippen LogP contribution in [0.25, 0.3) is 0 Å². The van der Waals surface area contributed by atoms with E-state index in [9.17, 15) is 0 Å². The van der Waals surface area contributed by atoms with Gasteiger partial charge in [-0.3, -0.25) is 0 Å². The van der Waals surface area contributed by atoms with E-state index < -0.39 is 0 Å². The van der Waals surface area contributed by atoms with E-state index in [-0.39, 0.29) is 0 Å². The summed E-state index contributed by atoms with van der Waals surface area (Å²) in [6.07, 6.45) is 9.38. The van der Waals surface area contributed by atoms with Crippen molar-refractivity contribution >= 4 is 0 Å². The average molecular weight is 174 g/mol. The van der Waals surface area contributed by atoms with Gasteiger partial charge < -0.3 is 0 Å². The summed E-state index contributed by atoms with van der Waals surface area (Å²) in [5, 5.41) is 0. The second-order valence-electron chi connectivity index (χ2n) is 3.28. The fraction of sp³-hybridized carbons (Fsp3) is 0.385. The zero-order valence-electron chi connectivity index (χ0n) is 8.37. The Kier molecular flexibility index (Phi) is 5.00. The summed E-state index contributed by atoms with van der Waals surface area (Å²) in [4.78, 5) is 0. The number of unbranched alkanes of at least 4 members (excludes halogenated alkanes) is 1. The topological polar surface area (TPSA) is 0 Å². The lowest BCUT2D eigenvalue weighted by atomic mass is 10.1. The minimum Gasteiger partial charge on any atom is -0.0885 e. The Morgan fingerprint density at radius 2 is 1.69 bits per heavy atom. The van der Waals surface area contributed by atoms with E-state index in [4.69, 9.17) is 0 Å². The Bertz CT molecular complexity index is 233. The minimum absolute atomic E-state index is 1.17. The molecule has 0 nitrogen and oxygen atoms in total. The normalized spacial score (nSPS) is 10.8. The van der Waals surface area contributed by atoms with Crippen LogP contribution in [0.2, 0.25) is 0 Å². The monoisotopic (exact) mass is 174 g/mol. The van der Waals surface area contributed by atoms with Crippen LogP contribution in [-0.4, -0.2) is 0 Å². The highest BCUT2D eigenvalue weighted by Crippen LogP contribution is 2.03. The highest BCUT2D eigenvalue weighted by Gasteiger charge is 1.87. The van der Waals surface area contributed by atoms with Crippen molar-refractivity contribution in [1.29, 1.82) is 0 Å². The summed E-state index contributed by atoms with van der Waals surface area (Å²) in [7, 11) is 0. The zero-order chi connectivity index (χ0) is 9.36. The molecule has 0 heterocycles. The standard InChI is InChI=1S/C13H18/c1-2-3-4-5-7-10-13-11-8-6-9-12-13/h4-6,8-9,11-12H,2-3,7,10H2,1H3. The van der Waals surface area contributed by atoms with Crippen molar-refractivity contribution in [3.8, 4) is 0 Å². The van der Waals surface area contributed by atoms with Gasteiger partial charge in [-0.15, -0.1) is 0 Å². The first-order chi connectivity index (χ1) is 6.43. The highest BCUT2D eigenvalue weighted by atomic mass is 13.9. The Hall–Kier alpha value is -1.04. The summed E-state index contributed by atoms with van der Waals surface area (Å²) in [6, 6.07) is 10.6. The molecule has 70 valence electrons. The van der Waals surface area contributed by atoms with Gasteiger partial charge in [0.1, 0.15) is 0 Å². The molecule has 0 spiro atoms. The summed E-state index contributed by atoms with van der Waals surface area (Å²) >= 11 is 0. The van der Waals surface area contributed by atoms with E-state index in [0.29, 0.717) is 0 Å². The molecule has 0 aliphatic heterocycles. The molecule has 0 radical (unpaired) electrons. The molecule has 0 amide bonds. The first kappa shape index (κ1) is 10.0. The van der Waals surface area contributed by atoms with E-state index >= 15 is 0 Å². The molecular weight excluding hydrogens is 156 g/mol. The van der Waals surface area contributed by atoms with Gasteiger partial charge in [0.15, 0.2) is 0 Å². The molecule has 0 saturated carbocycles. The van der Waals surface area contributed by atoms with Crippen molar-refractivity contribution < 1.29 is 0 Å². The van der Waals surface area contributed by atoms with Gasteiger partial charge in [-0.1, -0.05) is 55.8 Å². The number of rotatable bonds is 5. The van der Waals surface area contributed by atoms with Crippen molar-refractivity contribution in [2.24, 2.45) is 0 Å². The maximum atomic E-state index is 2.29. The van der Waals surface area contributed by atoms with Crippen molar-refractivity contribution in [2.45, 2.75) is 32.6 Å². The van der Waals surface area contributed by atoms with Gasteiger partial charge >= 0.3 is 0 Å². The molecule has 1 rings (SSSR count). The van der Waals surface area contributed by atoms with E-state index in [1.165, 1.54) is 31.2 Å². The third-order valence-electron chi connectivity index (χ3n) is 2.06. The summed E-state index contributed by atoms with van der Waals surface area (Å²) < 4.78 is 0. The third kappa shape index (κ3) is 4.51. The molecule has 1 aromatic carbocycles. The largest absolute Gasteiger partial charge is 0.0885 e. The van der Waals surface area contributed by atoms with Crippen molar-refractivity contribution in [3.05, 3.63) is 48.0 Å². The SMILES string of the molecule is CCCC=CCCc1ccccc1. The van der Waals surface area contributed by atoms with Crippen LogP contribution in [0.15, 0.2) is 42.5 Å². The van der Waals surface area contributed by atoms with Crippen LogP contribution >= 0.6 is 0 Å². The van der Waals surface area contributed by atoms with Crippen LogP contribution in [0.1, 0.15) is 31.7 Å². The molecule has 0 heteroatoms. The molecule has 0 aromatic heterocycles. The highest BCUT2D eigenvalue weighted by molar-refractivity contribution is 5.15. The van der Waals surface area contributed by atoms with Crippen molar-refractivity contribution in [2.75, 3.05) is 0 Å². The van der Waals surface area contributed by atoms with Gasteiger partial charge in [0.25, 0.3) is 0 Å². The van der Waals surface area contributed by atoms with Gasteiger partial charge in [-0.25, -0.2) is 0 Å². The van der Waals surface area contributed by atoms with Crippen molar-refractivity contribution in [1.82, 2.24) is 0 Å². The number of allylic oxidation sites excluding steroid dienone is 2. The molecule has 0 unspecified atom stereocenters. The smallest absolute Gasteiger partial charge is 0.0244 e. The molecule has 0 fully saturated rings. The number of hydrogen-bond acceptors (Lipinski definition) is 0. The number of aryl methyl sites for hydroxylation is 1. The van der Waals surface area contributed by atoms with Gasteiger partial charge in [0.2, 0.25) is 0 Å². The summed E-state index contributed by atoms with van der Waals surface area (Å²) in [5.41, 5.74) is 1.43. The zero-order valence-corrected chi connectivity index (χ0v) is 8.37. The van der Waals surface area contributed by atoms with Gasteiger partial charge in [0, 0.05) is 0 Å². The maximum absolute atomic E-state index is 2.29. The molecule has 0 atom stereocenters. The Morgan fingerprint density at radius 1 is 1.00 bits per heavy atom. The van der Waals surface area contributed by atoms with Crippen molar-refractivity contribution in [3.63, 3.8) is 0 Å². The first-order valence-electron chi connectivity index (χ1n) is 5.12. The Labute approximate surface area is 81.3 Å². The second kappa shape index (κ2) is 6.47. The van der Waals surface area contributed by atoms with Crippen LogP contribution in [0.3, 0.4) is 0 Å². The molecule has 0 N–H and O–H groups in total. The number of hydrogen-bond donors (Lipinski definition) is 0. The molecule has 0 aliphatic rings. The summed E-state index contributed by atoms with van der Waals surface area (Å²) in [5.74, 6) is 0. The fourth-order valence-corrected chi connectivity index (χ4v) is 1.30. The lowest BCUT2D eigenvalue weighted by Gasteiger charge is -1.95. The molecule has 0 saturated heterocycles. The lowest BCUT2D eigenvalue weighted by molar-refractivity contribution is 0.936. The predicted octanol–water partition coefficient (Wildman–Crippen LogP) is 3.98. The molecule has 1 aromatic rings. The van der Waals surface area contributed by atoms with E-state index in [0.717, 1.165) is 0 Å². The minimum atomic E-state index is 1.17. The molecule has 13 heavy (non-hydrogen) atoms. The van der Waals surface area contributed by atoms with Gasteiger partial charge in [-0.2, -0.15) is 0 Å². The number of benzene rings is 1. The Morgan fingerprint density at radius 3 is 2.38 bits per heavy atom. The maximum Gasteiger partial charge on any atom is -0.0244 e. The van der Waals surface area contributed by atoms with E-state index in [1.54, 1.807) is 0 Å². The van der Waals surface area contributed by atoms with Gasteiger partial charge in [0.05, 0.1) is 0 Å². The van der Waals surface area contributed by atoms with E-state index in [2.05, 4.69) is 49.4 Å². The first-order valence-corrected chi connectivity index (χ1v) is 5.12. The van der Waals surface area contributed by atoms with Gasteiger partial charge in [-0.05, 0) is 24.8 Å². The lowest BCUT2D eigenvalue weighted by Crippen LogP contribution is -1.80. The average Bonchev–Trinajstić information content (AvgIpc) is 2.19. The van der Waals surface area contributed by atoms with E-state index in [1.807, 2.05) is 0 Å². The third-order valence-corrected chi connectivity index (χ3v) is 2.06. The molecule has 0 bridgehead atoms. The second-order valence-corrected chi connectivity index (χ2v) is 3.28. The molecule has 0 aliphatic carbocycles. The van der Waals surface area contributed by atoms with Crippen LogP contribution < -0.4 is 0 Å².